The van der Waals surface area contributed by atoms with Crippen molar-refractivity contribution in [1.29, 1.82) is 0 Å². The lowest BCUT2D eigenvalue weighted by molar-refractivity contribution is 0.0464. The van der Waals surface area contributed by atoms with Gasteiger partial charge in [0, 0.05) is 5.56 Å². The number of hydrogen-bond acceptors (Lipinski definition) is 4. The first-order valence-electron chi connectivity index (χ1n) is 6.39. The van der Waals surface area contributed by atoms with Crippen LogP contribution in [-0.4, -0.2) is 20.2 Å². The van der Waals surface area contributed by atoms with Gasteiger partial charge in [-0.2, -0.15) is 0 Å². The molecule has 0 heterocycles. The van der Waals surface area contributed by atoms with Crippen LogP contribution in [0, 0.1) is 5.82 Å². The van der Waals surface area contributed by atoms with Gasteiger partial charge in [0.15, 0.2) is 0 Å². The molecule has 0 fully saturated rings. The van der Waals surface area contributed by atoms with E-state index in [1.807, 2.05) is 0 Å². The van der Waals surface area contributed by atoms with E-state index in [-0.39, 0.29) is 12.2 Å². The Morgan fingerprint density at radius 2 is 1.82 bits per heavy atom. The minimum atomic E-state index is -0.734. The van der Waals surface area contributed by atoms with Crippen LogP contribution in [0.25, 0.3) is 0 Å². The van der Waals surface area contributed by atoms with E-state index in [9.17, 15) is 9.18 Å². The molecule has 0 saturated heterocycles. The minimum absolute atomic E-state index is 0.0556. The smallest absolute Gasteiger partial charge is 0.341 e. The van der Waals surface area contributed by atoms with E-state index in [0.717, 1.165) is 4.47 Å². The molecule has 22 heavy (non-hydrogen) atoms. The molecule has 116 valence electrons. The van der Waals surface area contributed by atoms with Gasteiger partial charge in [-0.05, 0) is 40.2 Å². The van der Waals surface area contributed by atoms with E-state index in [4.69, 9.17) is 14.2 Å². The molecule has 0 N–H and O–H groups in total. The van der Waals surface area contributed by atoms with Gasteiger partial charge in [0.2, 0.25) is 0 Å². The highest BCUT2D eigenvalue weighted by Crippen LogP contribution is 2.33. The molecule has 0 amide bonds. The van der Waals surface area contributed by atoms with E-state index in [1.54, 1.807) is 18.2 Å². The van der Waals surface area contributed by atoms with Gasteiger partial charge in [-0.1, -0.05) is 12.1 Å². The topological polar surface area (TPSA) is 44.8 Å². The molecule has 6 heteroatoms. The summed E-state index contributed by atoms with van der Waals surface area (Å²) in [6.45, 7) is -0.0556. The number of methoxy groups -OCH3 is 2. The Labute approximate surface area is 135 Å². The predicted octanol–water partition coefficient (Wildman–Crippen LogP) is 3.96. The summed E-state index contributed by atoms with van der Waals surface area (Å²) in [6.07, 6.45) is 0. The van der Waals surface area contributed by atoms with Crippen LogP contribution in [0.2, 0.25) is 0 Å². The van der Waals surface area contributed by atoms with Crippen LogP contribution in [0.4, 0.5) is 4.39 Å². The normalized spacial score (nSPS) is 10.2. The van der Waals surface area contributed by atoms with Gasteiger partial charge in [-0.25, -0.2) is 9.18 Å². The first-order valence-corrected chi connectivity index (χ1v) is 7.18. The third-order valence-corrected chi connectivity index (χ3v) is 3.63. The summed E-state index contributed by atoms with van der Waals surface area (Å²) in [6, 6.07) is 9.07. The summed E-state index contributed by atoms with van der Waals surface area (Å²) in [5.41, 5.74) is 0.512. The summed E-state index contributed by atoms with van der Waals surface area (Å²) in [5.74, 6) is -0.235. The number of rotatable bonds is 5. The first-order chi connectivity index (χ1) is 10.6. The lowest BCUT2D eigenvalue weighted by Crippen LogP contribution is -2.08. The van der Waals surface area contributed by atoms with Crippen molar-refractivity contribution in [2.75, 3.05) is 14.2 Å². The predicted molar refractivity (Wildman–Crippen MR) is 82.8 cm³/mol. The van der Waals surface area contributed by atoms with Crippen molar-refractivity contribution in [3.8, 4) is 11.5 Å². The second-order valence-electron chi connectivity index (χ2n) is 4.35. The van der Waals surface area contributed by atoms with Gasteiger partial charge in [0.05, 0.1) is 24.3 Å². The molecule has 0 unspecified atom stereocenters. The highest BCUT2D eigenvalue weighted by atomic mass is 79.9. The maximum absolute atomic E-state index is 13.5. The largest absolute Gasteiger partial charge is 0.496 e. The number of halogens is 2. The molecule has 2 aromatic rings. The Balaban J connectivity index is 2.17. The molecule has 2 aromatic carbocycles. The standard InChI is InChI=1S/C16H14BrFO4/c1-20-14-8-12(17)15(21-2)7-10(14)9-22-16(19)11-5-3-4-6-13(11)18/h3-8H,9H2,1-2H3. The van der Waals surface area contributed by atoms with E-state index >= 15 is 0 Å². The Kier molecular flexibility index (Phi) is 5.38. The van der Waals surface area contributed by atoms with Crippen molar-refractivity contribution in [2.24, 2.45) is 0 Å². The number of carbonyl (C=O) groups is 1. The molecule has 0 atom stereocenters. The molecular formula is C16H14BrFO4. The van der Waals surface area contributed by atoms with E-state index < -0.39 is 11.8 Å². The quantitative estimate of drug-likeness (QED) is 0.749. The first kappa shape index (κ1) is 16.3. The van der Waals surface area contributed by atoms with E-state index in [0.29, 0.717) is 17.1 Å². The summed E-state index contributed by atoms with van der Waals surface area (Å²) >= 11 is 3.35. The lowest BCUT2D eigenvalue weighted by Gasteiger charge is -2.12. The van der Waals surface area contributed by atoms with Crippen LogP contribution < -0.4 is 9.47 Å². The van der Waals surface area contributed by atoms with E-state index in [1.165, 1.54) is 32.4 Å². The molecule has 0 radical (unpaired) electrons. The van der Waals surface area contributed by atoms with Gasteiger partial charge in [-0.3, -0.25) is 0 Å². The molecular weight excluding hydrogens is 355 g/mol. The molecule has 0 aromatic heterocycles. The van der Waals surface area contributed by atoms with Crippen molar-refractivity contribution >= 4 is 21.9 Å². The number of carbonyl (C=O) groups excluding carboxylic acids is 1. The Morgan fingerprint density at radius 3 is 2.45 bits per heavy atom. The average molecular weight is 369 g/mol. The van der Waals surface area contributed by atoms with Crippen LogP contribution in [-0.2, 0) is 11.3 Å². The van der Waals surface area contributed by atoms with Crippen molar-refractivity contribution in [1.82, 2.24) is 0 Å². The summed E-state index contributed by atoms with van der Waals surface area (Å²) in [5, 5.41) is 0. The van der Waals surface area contributed by atoms with Crippen LogP contribution >= 0.6 is 15.9 Å². The number of ether oxygens (including phenoxy) is 3. The van der Waals surface area contributed by atoms with Crippen LogP contribution in [0.15, 0.2) is 40.9 Å². The molecule has 0 bridgehead atoms. The fraction of sp³-hybridized carbons (Fsp3) is 0.188. The Hall–Kier alpha value is -2.08. The van der Waals surface area contributed by atoms with Crippen LogP contribution in [0.1, 0.15) is 15.9 Å². The van der Waals surface area contributed by atoms with Crippen LogP contribution in [0.3, 0.4) is 0 Å². The minimum Gasteiger partial charge on any atom is -0.496 e. The fourth-order valence-corrected chi connectivity index (χ4v) is 2.37. The molecule has 4 nitrogen and oxygen atoms in total. The van der Waals surface area contributed by atoms with Gasteiger partial charge >= 0.3 is 5.97 Å². The molecule has 0 aliphatic carbocycles. The number of benzene rings is 2. The second kappa shape index (κ2) is 7.26. The average Bonchev–Trinajstić information content (AvgIpc) is 2.53. The summed E-state index contributed by atoms with van der Waals surface area (Å²) in [7, 11) is 3.04. The lowest BCUT2D eigenvalue weighted by atomic mass is 10.2. The molecule has 0 saturated carbocycles. The van der Waals surface area contributed by atoms with Gasteiger partial charge in [-0.15, -0.1) is 0 Å². The number of esters is 1. The van der Waals surface area contributed by atoms with Crippen molar-refractivity contribution in [3.05, 3.63) is 57.8 Å². The third kappa shape index (κ3) is 3.57. The summed E-state index contributed by atoms with van der Waals surface area (Å²) in [4.78, 5) is 11.9. The van der Waals surface area contributed by atoms with Gasteiger partial charge < -0.3 is 14.2 Å². The van der Waals surface area contributed by atoms with E-state index in [2.05, 4.69) is 15.9 Å². The zero-order valence-electron chi connectivity index (χ0n) is 12.1. The van der Waals surface area contributed by atoms with Crippen LogP contribution in [0.5, 0.6) is 11.5 Å². The van der Waals surface area contributed by atoms with Crippen molar-refractivity contribution in [3.63, 3.8) is 0 Å². The van der Waals surface area contributed by atoms with Crippen molar-refractivity contribution < 1.29 is 23.4 Å². The zero-order valence-corrected chi connectivity index (χ0v) is 13.6. The van der Waals surface area contributed by atoms with Gasteiger partial charge in [0.25, 0.3) is 0 Å². The molecule has 2 rings (SSSR count). The summed E-state index contributed by atoms with van der Waals surface area (Å²) < 4.78 is 29.8. The number of hydrogen-bond donors (Lipinski definition) is 0. The maximum Gasteiger partial charge on any atom is 0.341 e. The Morgan fingerprint density at radius 1 is 1.14 bits per heavy atom. The highest BCUT2D eigenvalue weighted by molar-refractivity contribution is 9.10. The monoisotopic (exact) mass is 368 g/mol. The third-order valence-electron chi connectivity index (χ3n) is 3.01. The molecule has 0 aliphatic rings. The van der Waals surface area contributed by atoms with Crippen molar-refractivity contribution in [2.45, 2.75) is 6.61 Å². The Bertz CT molecular complexity index is 688. The highest BCUT2D eigenvalue weighted by Gasteiger charge is 2.15. The molecule has 0 aliphatic heterocycles. The SMILES string of the molecule is COc1cc(COC(=O)c2ccccc2F)c(OC)cc1Br. The zero-order chi connectivity index (χ0) is 16.1. The maximum atomic E-state index is 13.5. The second-order valence-corrected chi connectivity index (χ2v) is 5.21. The fourth-order valence-electron chi connectivity index (χ4n) is 1.88. The molecule has 0 spiro atoms. The van der Waals surface area contributed by atoms with Gasteiger partial charge in [0.1, 0.15) is 23.9 Å².